The minimum atomic E-state index is -0.677. The zero-order valence-corrected chi connectivity index (χ0v) is 15.9. The smallest absolute Gasteiger partial charge is 0.265 e. The minimum Gasteiger partial charge on any atom is -0.491 e. The zero-order chi connectivity index (χ0) is 19.0. The molecule has 0 radical (unpaired) electrons. The van der Waals surface area contributed by atoms with Crippen LogP contribution in [0.2, 0.25) is 0 Å². The number of nitrogens with zero attached hydrogens (tertiary/aromatic N) is 1. The molecule has 0 bridgehead atoms. The van der Waals surface area contributed by atoms with Crippen LogP contribution in [0.1, 0.15) is 41.3 Å². The van der Waals surface area contributed by atoms with Crippen molar-refractivity contribution in [3.8, 4) is 5.75 Å². The summed E-state index contributed by atoms with van der Waals surface area (Å²) < 4.78 is 34.5. The number of carbonyl (C=O) groups is 1. The molecular formula is C19H18BrF2NO3. The summed E-state index contributed by atoms with van der Waals surface area (Å²) in [4.78, 5) is 14.3. The quantitative estimate of drug-likeness (QED) is 0.793. The van der Waals surface area contributed by atoms with Gasteiger partial charge in [0.1, 0.15) is 29.6 Å². The maximum atomic E-state index is 14.7. The lowest BCUT2D eigenvalue weighted by molar-refractivity contribution is 0.0985. The summed E-state index contributed by atoms with van der Waals surface area (Å²) in [6, 6.07) is 5.35. The molecule has 1 aliphatic heterocycles. The lowest BCUT2D eigenvalue weighted by Crippen LogP contribution is -2.33. The Kier molecular flexibility index (Phi) is 5.29. The number of aliphatic hydroxyl groups is 1. The highest BCUT2D eigenvalue weighted by Gasteiger charge is 2.30. The summed E-state index contributed by atoms with van der Waals surface area (Å²) in [5, 5.41) is 9.63. The lowest BCUT2D eigenvalue weighted by atomic mass is 9.99. The van der Waals surface area contributed by atoms with E-state index in [1.807, 2.05) is 13.8 Å². The van der Waals surface area contributed by atoms with Crippen molar-refractivity contribution in [1.29, 1.82) is 0 Å². The van der Waals surface area contributed by atoms with Gasteiger partial charge >= 0.3 is 0 Å². The van der Waals surface area contributed by atoms with Gasteiger partial charge in [0.25, 0.3) is 5.91 Å². The molecule has 2 aromatic rings. The first-order chi connectivity index (χ1) is 12.3. The van der Waals surface area contributed by atoms with Crippen molar-refractivity contribution < 1.29 is 23.4 Å². The largest absolute Gasteiger partial charge is 0.491 e. The Morgan fingerprint density at radius 1 is 1.27 bits per heavy atom. The van der Waals surface area contributed by atoms with Gasteiger partial charge < -0.3 is 14.7 Å². The van der Waals surface area contributed by atoms with E-state index in [2.05, 4.69) is 15.9 Å². The Bertz CT molecular complexity index is 870. The van der Waals surface area contributed by atoms with Crippen LogP contribution < -0.4 is 9.64 Å². The number of carbonyl (C=O) groups excluding carboxylic acids is 1. The van der Waals surface area contributed by atoms with Crippen molar-refractivity contribution in [2.45, 2.75) is 26.4 Å². The van der Waals surface area contributed by atoms with Crippen LogP contribution in [0.15, 0.2) is 28.7 Å². The number of fused-ring (bicyclic) bond motifs is 1. The third kappa shape index (κ3) is 3.33. The van der Waals surface area contributed by atoms with E-state index in [1.165, 1.54) is 17.0 Å². The molecular weight excluding hydrogens is 408 g/mol. The van der Waals surface area contributed by atoms with Crippen LogP contribution in [0.5, 0.6) is 5.75 Å². The monoisotopic (exact) mass is 425 g/mol. The second kappa shape index (κ2) is 7.32. The first-order valence-electron chi connectivity index (χ1n) is 8.20. The first-order valence-corrected chi connectivity index (χ1v) is 8.99. The number of benzene rings is 2. The first kappa shape index (κ1) is 18.8. The Hall–Kier alpha value is -1.99. The highest BCUT2D eigenvalue weighted by Crippen LogP contribution is 2.35. The van der Waals surface area contributed by atoms with Gasteiger partial charge in [-0.3, -0.25) is 4.79 Å². The molecule has 7 heteroatoms. The standard InChI is InChI=1S/C19H18BrF2NO3/c1-10(2)11-5-15(22)18-17(6-11)26-4-3-23(19(18)25)16-8-12(21)7-14(20)13(16)9-24/h5-8,10,24H,3-4,9H2,1-2H3. The molecule has 4 nitrogen and oxygen atoms in total. The molecule has 2 aromatic carbocycles. The number of aliphatic hydroxyl groups excluding tert-OH is 1. The maximum absolute atomic E-state index is 14.7. The molecule has 138 valence electrons. The average Bonchev–Trinajstić information content (AvgIpc) is 2.73. The Morgan fingerprint density at radius 3 is 2.65 bits per heavy atom. The second-order valence-corrected chi connectivity index (χ2v) is 7.23. The van der Waals surface area contributed by atoms with Gasteiger partial charge in [-0.2, -0.15) is 0 Å². The number of hydrogen-bond acceptors (Lipinski definition) is 3. The van der Waals surface area contributed by atoms with Crippen LogP contribution in [-0.4, -0.2) is 24.2 Å². The molecule has 0 saturated carbocycles. The Labute approximate surface area is 158 Å². The van der Waals surface area contributed by atoms with E-state index in [0.717, 1.165) is 11.6 Å². The molecule has 0 atom stereocenters. The van der Waals surface area contributed by atoms with Gasteiger partial charge in [-0.25, -0.2) is 8.78 Å². The molecule has 0 spiro atoms. The summed E-state index contributed by atoms with van der Waals surface area (Å²) in [6.45, 7) is 3.67. The average molecular weight is 426 g/mol. The molecule has 1 heterocycles. The van der Waals surface area contributed by atoms with E-state index >= 15 is 0 Å². The van der Waals surface area contributed by atoms with Crippen molar-refractivity contribution in [2.24, 2.45) is 0 Å². The minimum absolute atomic E-state index is 0.0769. The number of anilines is 1. The molecule has 3 rings (SSSR count). The second-order valence-electron chi connectivity index (χ2n) is 6.38. The van der Waals surface area contributed by atoms with Crippen LogP contribution in [0.4, 0.5) is 14.5 Å². The molecule has 1 aliphatic rings. The van der Waals surface area contributed by atoms with E-state index in [-0.39, 0.29) is 36.1 Å². The van der Waals surface area contributed by atoms with Gasteiger partial charge in [-0.15, -0.1) is 0 Å². The summed E-state index contributed by atoms with van der Waals surface area (Å²) in [5.74, 6) is -1.62. The molecule has 0 unspecified atom stereocenters. The fourth-order valence-electron chi connectivity index (χ4n) is 2.96. The highest BCUT2D eigenvalue weighted by molar-refractivity contribution is 9.10. The van der Waals surface area contributed by atoms with Gasteiger partial charge in [0.2, 0.25) is 0 Å². The predicted octanol–water partition coefficient (Wildman–Crippen LogP) is 4.38. The van der Waals surface area contributed by atoms with Gasteiger partial charge in [0.05, 0.1) is 18.8 Å². The van der Waals surface area contributed by atoms with Crippen LogP contribution in [0.3, 0.4) is 0 Å². The molecule has 1 amide bonds. The van der Waals surface area contributed by atoms with Gasteiger partial charge in [0.15, 0.2) is 0 Å². The van der Waals surface area contributed by atoms with Crippen LogP contribution in [0, 0.1) is 11.6 Å². The lowest BCUT2D eigenvalue weighted by Gasteiger charge is -2.23. The SMILES string of the molecule is CC(C)c1cc(F)c2c(c1)OCCN(c1cc(F)cc(Br)c1CO)C2=O. The molecule has 0 aromatic heterocycles. The Balaban J connectivity index is 2.13. The van der Waals surface area contributed by atoms with Gasteiger partial charge in [0, 0.05) is 10.0 Å². The fourth-order valence-corrected chi connectivity index (χ4v) is 3.50. The predicted molar refractivity (Wildman–Crippen MR) is 97.7 cm³/mol. The number of rotatable bonds is 3. The van der Waals surface area contributed by atoms with E-state index in [9.17, 15) is 18.7 Å². The van der Waals surface area contributed by atoms with Gasteiger partial charge in [-0.05, 0) is 35.7 Å². The van der Waals surface area contributed by atoms with Crippen LogP contribution in [0.25, 0.3) is 0 Å². The molecule has 26 heavy (non-hydrogen) atoms. The summed E-state index contributed by atoms with van der Waals surface area (Å²) in [5.41, 5.74) is 1.08. The van der Waals surface area contributed by atoms with Crippen molar-refractivity contribution >= 4 is 27.5 Å². The Morgan fingerprint density at radius 2 is 2.00 bits per heavy atom. The molecule has 0 aliphatic carbocycles. The van der Waals surface area contributed by atoms with Crippen molar-refractivity contribution in [1.82, 2.24) is 0 Å². The van der Waals surface area contributed by atoms with E-state index in [1.54, 1.807) is 6.07 Å². The number of amides is 1. The zero-order valence-electron chi connectivity index (χ0n) is 14.4. The fraction of sp³-hybridized carbons (Fsp3) is 0.316. The van der Waals surface area contributed by atoms with E-state index in [0.29, 0.717) is 10.0 Å². The highest BCUT2D eigenvalue weighted by atomic mass is 79.9. The molecule has 0 saturated heterocycles. The van der Waals surface area contributed by atoms with E-state index < -0.39 is 24.1 Å². The molecule has 1 N–H and O–H groups in total. The molecule has 0 fully saturated rings. The summed E-state index contributed by atoms with van der Waals surface area (Å²) >= 11 is 3.19. The third-order valence-electron chi connectivity index (χ3n) is 4.36. The van der Waals surface area contributed by atoms with Crippen molar-refractivity contribution in [3.63, 3.8) is 0 Å². The van der Waals surface area contributed by atoms with Gasteiger partial charge in [-0.1, -0.05) is 29.8 Å². The number of hydrogen-bond donors (Lipinski definition) is 1. The third-order valence-corrected chi connectivity index (χ3v) is 5.07. The summed E-state index contributed by atoms with van der Waals surface area (Å²) in [7, 11) is 0. The van der Waals surface area contributed by atoms with Crippen molar-refractivity contribution in [2.75, 3.05) is 18.1 Å². The van der Waals surface area contributed by atoms with E-state index in [4.69, 9.17) is 4.74 Å². The van der Waals surface area contributed by atoms with Crippen LogP contribution in [-0.2, 0) is 6.61 Å². The number of ether oxygens (including phenoxy) is 1. The topological polar surface area (TPSA) is 49.8 Å². The summed E-state index contributed by atoms with van der Waals surface area (Å²) in [6.07, 6.45) is 0. The van der Waals surface area contributed by atoms with Crippen molar-refractivity contribution in [3.05, 3.63) is 57.1 Å². The number of halogens is 3. The maximum Gasteiger partial charge on any atom is 0.265 e. The normalized spacial score (nSPS) is 14.3. The van der Waals surface area contributed by atoms with Crippen LogP contribution >= 0.6 is 15.9 Å².